The first-order valence-electron chi connectivity index (χ1n) is 7.99. The van der Waals surface area contributed by atoms with Crippen molar-refractivity contribution in [2.75, 3.05) is 44.7 Å². The Morgan fingerprint density at radius 2 is 2.22 bits per heavy atom. The van der Waals surface area contributed by atoms with Gasteiger partial charge in [-0.15, -0.1) is 11.3 Å². The quantitative estimate of drug-likeness (QED) is 0.808. The van der Waals surface area contributed by atoms with E-state index in [9.17, 15) is 0 Å². The van der Waals surface area contributed by atoms with Gasteiger partial charge in [-0.2, -0.15) is 0 Å². The van der Waals surface area contributed by atoms with E-state index in [-0.39, 0.29) is 0 Å². The maximum atomic E-state index is 5.38. The standard InChI is InChI=1S/C16H22N4OS2/c1-2-15-19-13-4-3-12(11-14(13)23-15)18-16(22)17-5-6-20-7-9-21-10-8-20/h3-4,11H,2,5-10H2,1H3,(H2,17,18,22). The van der Waals surface area contributed by atoms with Crippen molar-refractivity contribution in [1.29, 1.82) is 0 Å². The van der Waals surface area contributed by atoms with Gasteiger partial charge in [0.05, 0.1) is 28.4 Å². The second kappa shape index (κ2) is 8.01. The molecule has 2 N–H and O–H groups in total. The monoisotopic (exact) mass is 350 g/mol. The van der Waals surface area contributed by atoms with Gasteiger partial charge in [-0.05, 0) is 36.8 Å². The van der Waals surface area contributed by atoms with Crippen molar-refractivity contribution in [3.8, 4) is 0 Å². The van der Waals surface area contributed by atoms with Crippen LogP contribution >= 0.6 is 23.6 Å². The Bertz CT molecular complexity index is 667. The minimum Gasteiger partial charge on any atom is -0.379 e. The summed E-state index contributed by atoms with van der Waals surface area (Å²) in [7, 11) is 0. The summed E-state index contributed by atoms with van der Waals surface area (Å²) in [5.74, 6) is 0. The summed E-state index contributed by atoms with van der Waals surface area (Å²) < 4.78 is 6.54. The third kappa shape index (κ3) is 4.60. The first-order valence-corrected chi connectivity index (χ1v) is 9.21. The van der Waals surface area contributed by atoms with Crippen molar-refractivity contribution in [3.05, 3.63) is 23.2 Å². The van der Waals surface area contributed by atoms with E-state index in [2.05, 4.69) is 33.5 Å². The Balaban J connectivity index is 1.49. The number of morpholine rings is 1. The lowest BCUT2D eigenvalue weighted by Gasteiger charge is -2.26. The van der Waals surface area contributed by atoms with Gasteiger partial charge in [0.1, 0.15) is 0 Å². The zero-order valence-corrected chi connectivity index (χ0v) is 14.9. The number of ether oxygens (including phenoxy) is 1. The predicted octanol–water partition coefficient (Wildman–Crippen LogP) is 2.48. The molecular formula is C16H22N4OS2. The summed E-state index contributed by atoms with van der Waals surface area (Å²) >= 11 is 7.12. The number of nitrogens with zero attached hydrogens (tertiary/aromatic N) is 2. The molecule has 2 heterocycles. The molecule has 1 aromatic carbocycles. The molecule has 5 nitrogen and oxygen atoms in total. The van der Waals surface area contributed by atoms with E-state index in [1.54, 1.807) is 11.3 Å². The van der Waals surface area contributed by atoms with Crippen LogP contribution < -0.4 is 10.6 Å². The minimum atomic E-state index is 0.665. The van der Waals surface area contributed by atoms with Gasteiger partial charge in [-0.1, -0.05) is 6.92 Å². The molecule has 0 aliphatic carbocycles. The van der Waals surface area contributed by atoms with Gasteiger partial charge in [-0.25, -0.2) is 4.98 Å². The maximum Gasteiger partial charge on any atom is 0.170 e. The molecule has 2 aromatic rings. The molecule has 3 rings (SSSR count). The van der Waals surface area contributed by atoms with Crippen LogP contribution in [0.15, 0.2) is 18.2 Å². The summed E-state index contributed by atoms with van der Waals surface area (Å²) in [5.41, 5.74) is 2.07. The molecule has 1 fully saturated rings. The van der Waals surface area contributed by atoms with E-state index in [1.807, 2.05) is 12.1 Å². The number of hydrogen-bond donors (Lipinski definition) is 2. The van der Waals surface area contributed by atoms with Crippen LogP contribution in [-0.4, -0.2) is 54.4 Å². The van der Waals surface area contributed by atoms with Crippen LogP contribution in [0.3, 0.4) is 0 Å². The number of thiazole rings is 1. The van der Waals surface area contributed by atoms with Crippen LogP contribution in [0.5, 0.6) is 0 Å². The molecule has 0 amide bonds. The molecule has 0 radical (unpaired) electrons. The number of fused-ring (bicyclic) bond motifs is 1. The van der Waals surface area contributed by atoms with Crippen molar-refractivity contribution >= 4 is 44.6 Å². The molecular weight excluding hydrogens is 328 g/mol. The van der Waals surface area contributed by atoms with Gasteiger partial charge in [0, 0.05) is 31.9 Å². The molecule has 1 aromatic heterocycles. The third-order valence-corrected chi connectivity index (χ3v) is 5.22. The van der Waals surface area contributed by atoms with Crippen LogP contribution in [0.4, 0.5) is 5.69 Å². The maximum absolute atomic E-state index is 5.38. The fraction of sp³-hybridized carbons (Fsp3) is 0.500. The highest BCUT2D eigenvalue weighted by Crippen LogP contribution is 2.25. The van der Waals surface area contributed by atoms with E-state index in [4.69, 9.17) is 17.0 Å². The van der Waals surface area contributed by atoms with Crippen LogP contribution in [0.2, 0.25) is 0 Å². The molecule has 1 saturated heterocycles. The lowest BCUT2D eigenvalue weighted by molar-refractivity contribution is 0.0389. The number of aryl methyl sites for hydroxylation is 1. The lowest BCUT2D eigenvalue weighted by atomic mass is 10.3. The van der Waals surface area contributed by atoms with E-state index < -0.39 is 0 Å². The van der Waals surface area contributed by atoms with Crippen LogP contribution in [0.1, 0.15) is 11.9 Å². The van der Waals surface area contributed by atoms with Crippen molar-refractivity contribution in [3.63, 3.8) is 0 Å². The number of hydrogen-bond acceptors (Lipinski definition) is 5. The molecule has 0 bridgehead atoms. The number of aromatic nitrogens is 1. The highest BCUT2D eigenvalue weighted by molar-refractivity contribution is 7.80. The number of benzene rings is 1. The fourth-order valence-corrected chi connectivity index (χ4v) is 3.70. The predicted molar refractivity (Wildman–Crippen MR) is 100 cm³/mol. The zero-order valence-electron chi connectivity index (χ0n) is 13.3. The number of anilines is 1. The Hall–Kier alpha value is -1.28. The molecule has 0 atom stereocenters. The van der Waals surface area contributed by atoms with Crippen molar-refractivity contribution in [2.45, 2.75) is 13.3 Å². The van der Waals surface area contributed by atoms with Gasteiger partial charge in [-0.3, -0.25) is 4.90 Å². The fourth-order valence-electron chi connectivity index (χ4n) is 2.53. The Morgan fingerprint density at radius 1 is 1.39 bits per heavy atom. The largest absolute Gasteiger partial charge is 0.379 e. The van der Waals surface area contributed by atoms with Gasteiger partial charge >= 0.3 is 0 Å². The van der Waals surface area contributed by atoms with Crippen molar-refractivity contribution in [2.24, 2.45) is 0 Å². The average molecular weight is 351 g/mol. The smallest absolute Gasteiger partial charge is 0.170 e. The summed E-state index contributed by atoms with van der Waals surface area (Å²) in [4.78, 5) is 6.96. The number of rotatable bonds is 5. The first kappa shape index (κ1) is 16.6. The molecule has 0 unspecified atom stereocenters. The highest BCUT2D eigenvalue weighted by Gasteiger charge is 2.09. The second-order valence-electron chi connectivity index (χ2n) is 5.48. The normalized spacial score (nSPS) is 15.7. The number of thiocarbonyl (C=S) groups is 1. The number of nitrogens with one attached hydrogen (secondary N) is 2. The molecule has 0 saturated carbocycles. The molecule has 7 heteroatoms. The van der Waals surface area contributed by atoms with Crippen molar-refractivity contribution in [1.82, 2.24) is 15.2 Å². The third-order valence-electron chi connectivity index (χ3n) is 3.81. The Kier molecular flexibility index (Phi) is 5.77. The summed E-state index contributed by atoms with van der Waals surface area (Å²) in [5, 5.41) is 8.36. The second-order valence-corrected chi connectivity index (χ2v) is 7.00. The molecule has 1 aliphatic rings. The topological polar surface area (TPSA) is 49.4 Å². The van der Waals surface area contributed by atoms with Gasteiger partial charge in [0.25, 0.3) is 0 Å². The summed E-state index contributed by atoms with van der Waals surface area (Å²) in [6, 6.07) is 6.18. The Morgan fingerprint density at radius 3 is 3.00 bits per heavy atom. The van der Waals surface area contributed by atoms with Crippen LogP contribution in [0, 0.1) is 0 Å². The van der Waals surface area contributed by atoms with Gasteiger partial charge < -0.3 is 15.4 Å². The molecule has 23 heavy (non-hydrogen) atoms. The van der Waals surface area contributed by atoms with Crippen LogP contribution in [-0.2, 0) is 11.2 Å². The van der Waals surface area contributed by atoms with Gasteiger partial charge in [0.2, 0.25) is 0 Å². The van der Waals surface area contributed by atoms with Crippen LogP contribution in [0.25, 0.3) is 10.2 Å². The van der Waals surface area contributed by atoms with Crippen molar-refractivity contribution < 1.29 is 4.74 Å². The average Bonchev–Trinajstić information content (AvgIpc) is 2.98. The SMILES string of the molecule is CCc1nc2ccc(NC(=S)NCCN3CCOCC3)cc2s1. The summed E-state index contributed by atoms with van der Waals surface area (Å²) in [6.45, 7) is 7.62. The van der Waals surface area contributed by atoms with E-state index in [0.29, 0.717) is 5.11 Å². The van der Waals surface area contributed by atoms with E-state index >= 15 is 0 Å². The van der Waals surface area contributed by atoms with Gasteiger partial charge in [0.15, 0.2) is 5.11 Å². The Labute approximate surface area is 146 Å². The molecule has 0 spiro atoms. The minimum absolute atomic E-state index is 0.665. The lowest BCUT2D eigenvalue weighted by Crippen LogP contribution is -2.42. The van der Waals surface area contributed by atoms with E-state index in [1.165, 1.54) is 9.71 Å². The molecule has 124 valence electrons. The first-order chi connectivity index (χ1) is 11.2. The molecule has 1 aliphatic heterocycles. The zero-order chi connectivity index (χ0) is 16.1. The summed E-state index contributed by atoms with van der Waals surface area (Å²) in [6.07, 6.45) is 0.976. The highest BCUT2D eigenvalue weighted by atomic mass is 32.1. The van der Waals surface area contributed by atoms with E-state index in [0.717, 1.165) is 57.0 Å².